The third kappa shape index (κ3) is 3.41. The van der Waals surface area contributed by atoms with Gasteiger partial charge < -0.3 is 4.57 Å². The van der Waals surface area contributed by atoms with Crippen molar-refractivity contribution < 1.29 is 4.79 Å². The summed E-state index contributed by atoms with van der Waals surface area (Å²) >= 11 is 0. The molecule has 4 rings (SSSR count). The highest BCUT2D eigenvalue weighted by Crippen LogP contribution is 2.31. The van der Waals surface area contributed by atoms with Crippen LogP contribution in [0.15, 0.2) is 60.9 Å². The predicted molar refractivity (Wildman–Crippen MR) is 113 cm³/mol. The zero-order valence-corrected chi connectivity index (χ0v) is 15.4. The lowest BCUT2D eigenvalue weighted by atomic mass is 10.1. The first-order valence-corrected chi connectivity index (χ1v) is 9.39. The molecule has 0 radical (unpaired) electrons. The average Bonchev–Trinajstić information content (AvgIpc) is 3.03. The molecule has 3 nitrogen and oxygen atoms in total. The van der Waals surface area contributed by atoms with Crippen LogP contribution in [0.1, 0.15) is 41.3 Å². The Hall–Kier alpha value is -3.20. The summed E-state index contributed by atoms with van der Waals surface area (Å²) in [4.78, 5) is 15.3. The molecule has 0 N–H and O–H groups in total. The third-order valence-corrected chi connectivity index (χ3v) is 4.96. The number of carbonyl (C=O) groups excluding carboxylic acids is 1. The standard InChI is InChI=1S/C24H22N2O/c1-2-3-14-26-23-8-6-19(5-4-18-10-12-25-13-11-18)15-21(23)22-16-20(17-27)7-9-24(22)26/h4-13,15-17H,2-3,14H2,1H3/b5-4+. The minimum absolute atomic E-state index is 0.717. The lowest BCUT2D eigenvalue weighted by Gasteiger charge is -2.06. The normalized spacial score (nSPS) is 11.6. The van der Waals surface area contributed by atoms with E-state index in [-0.39, 0.29) is 0 Å². The maximum Gasteiger partial charge on any atom is 0.150 e. The predicted octanol–water partition coefficient (Wildman–Crippen LogP) is 5.97. The molecular formula is C24H22N2O. The van der Waals surface area contributed by atoms with Gasteiger partial charge in [0.25, 0.3) is 0 Å². The van der Waals surface area contributed by atoms with E-state index in [1.54, 1.807) is 12.4 Å². The van der Waals surface area contributed by atoms with Crippen LogP contribution in [0.25, 0.3) is 34.0 Å². The molecule has 0 fully saturated rings. The summed E-state index contributed by atoms with van der Waals surface area (Å²) in [5.41, 5.74) is 5.40. The van der Waals surface area contributed by atoms with Gasteiger partial charge in [-0.1, -0.05) is 31.6 Å². The fourth-order valence-corrected chi connectivity index (χ4v) is 3.54. The van der Waals surface area contributed by atoms with Crippen molar-refractivity contribution in [2.75, 3.05) is 0 Å². The van der Waals surface area contributed by atoms with E-state index in [4.69, 9.17) is 0 Å². The van der Waals surface area contributed by atoms with Gasteiger partial charge in [-0.05, 0) is 60.0 Å². The Balaban J connectivity index is 1.85. The second-order valence-corrected chi connectivity index (χ2v) is 6.79. The quantitative estimate of drug-likeness (QED) is 0.400. The summed E-state index contributed by atoms with van der Waals surface area (Å²) in [7, 11) is 0. The number of fused-ring (bicyclic) bond motifs is 3. The molecular weight excluding hydrogens is 332 g/mol. The molecule has 27 heavy (non-hydrogen) atoms. The molecule has 2 aromatic carbocycles. The minimum Gasteiger partial charge on any atom is -0.340 e. The van der Waals surface area contributed by atoms with E-state index in [9.17, 15) is 4.79 Å². The Morgan fingerprint density at radius 3 is 2.15 bits per heavy atom. The van der Waals surface area contributed by atoms with E-state index in [0.29, 0.717) is 0 Å². The Bertz CT molecular complexity index is 1120. The zero-order valence-electron chi connectivity index (χ0n) is 15.4. The van der Waals surface area contributed by atoms with E-state index in [0.717, 1.165) is 47.7 Å². The number of aldehydes is 1. The van der Waals surface area contributed by atoms with Crippen molar-refractivity contribution in [2.24, 2.45) is 0 Å². The molecule has 0 aliphatic heterocycles. The van der Waals surface area contributed by atoms with Crippen LogP contribution in [0, 0.1) is 0 Å². The molecule has 0 bridgehead atoms. The Labute approximate surface area is 159 Å². The van der Waals surface area contributed by atoms with Crippen LogP contribution in [-0.4, -0.2) is 15.8 Å². The van der Waals surface area contributed by atoms with Crippen LogP contribution >= 0.6 is 0 Å². The van der Waals surface area contributed by atoms with Gasteiger partial charge in [0, 0.05) is 46.3 Å². The number of hydrogen-bond acceptors (Lipinski definition) is 2. The molecule has 2 aromatic heterocycles. The smallest absolute Gasteiger partial charge is 0.150 e. The maximum atomic E-state index is 11.3. The molecule has 0 atom stereocenters. The average molecular weight is 354 g/mol. The highest BCUT2D eigenvalue weighted by molar-refractivity contribution is 6.10. The molecule has 2 heterocycles. The van der Waals surface area contributed by atoms with Gasteiger partial charge in [-0.25, -0.2) is 0 Å². The van der Waals surface area contributed by atoms with Crippen molar-refractivity contribution in [3.05, 3.63) is 77.6 Å². The van der Waals surface area contributed by atoms with Crippen LogP contribution in [0.4, 0.5) is 0 Å². The second kappa shape index (κ2) is 7.58. The topological polar surface area (TPSA) is 34.9 Å². The van der Waals surface area contributed by atoms with Crippen LogP contribution in [0.5, 0.6) is 0 Å². The molecule has 4 aromatic rings. The highest BCUT2D eigenvalue weighted by atomic mass is 16.1. The number of rotatable bonds is 6. The molecule has 0 spiro atoms. The van der Waals surface area contributed by atoms with Gasteiger partial charge in [-0.2, -0.15) is 0 Å². The van der Waals surface area contributed by atoms with E-state index in [1.807, 2.05) is 24.3 Å². The van der Waals surface area contributed by atoms with E-state index < -0.39 is 0 Å². The molecule has 0 saturated carbocycles. The first kappa shape index (κ1) is 17.2. The lowest BCUT2D eigenvalue weighted by molar-refractivity contribution is 0.112. The van der Waals surface area contributed by atoms with Gasteiger partial charge in [0.1, 0.15) is 6.29 Å². The first-order valence-electron chi connectivity index (χ1n) is 9.39. The monoisotopic (exact) mass is 354 g/mol. The van der Waals surface area contributed by atoms with Crippen molar-refractivity contribution in [1.82, 2.24) is 9.55 Å². The minimum atomic E-state index is 0.717. The largest absolute Gasteiger partial charge is 0.340 e. The summed E-state index contributed by atoms with van der Waals surface area (Å²) in [6.07, 6.45) is 11.0. The second-order valence-electron chi connectivity index (χ2n) is 6.79. The van der Waals surface area contributed by atoms with Gasteiger partial charge in [-0.3, -0.25) is 9.78 Å². The molecule has 0 unspecified atom stereocenters. The summed E-state index contributed by atoms with van der Waals surface area (Å²) in [5.74, 6) is 0. The highest BCUT2D eigenvalue weighted by Gasteiger charge is 2.11. The lowest BCUT2D eigenvalue weighted by Crippen LogP contribution is -1.97. The molecule has 134 valence electrons. The maximum absolute atomic E-state index is 11.3. The van der Waals surface area contributed by atoms with Crippen molar-refractivity contribution in [2.45, 2.75) is 26.3 Å². The van der Waals surface area contributed by atoms with E-state index in [2.05, 4.69) is 52.9 Å². The number of pyridine rings is 1. The summed E-state index contributed by atoms with van der Waals surface area (Å²) in [5, 5.41) is 2.34. The first-order chi connectivity index (χ1) is 13.3. The summed E-state index contributed by atoms with van der Waals surface area (Å²) in [6.45, 7) is 3.20. The molecule has 0 aliphatic carbocycles. The van der Waals surface area contributed by atoms with Gasteiger partial charge in [0.05, 0.1) is 0 Å². The Morgan fingerprint density at radius 1 is 0.852 bits per heavy atom. The SMILES string of the molecule is CCCCn1c2ccc(C=O)cc2c2cc(/C=C/c3ccncc3)ccc21. The van der Waals surface area contributed by atoms with Gasteiger partial charge >= 0.3 is 0 Å². The van der Waals surface area contributed by atoms with Crippen molar-refractivity contribution >= 4 is 40.2 Å². The van der Waals surface area contributed by atoms with Gasteiger partial charge in [-0.15, -0.1) is 0 Å². The zero-order chi connectivity index (χ0) is 18.6. The number of aromatic nitrogens is 2. The Kier molecular flexibility index (Phi) is 4.84. The molecule has 3 heteroatoms. The summed E-state index contributed by atoms with van der Waals surface area (Å²) < 4.78 is 2.37. The van der Waals surface area contributed by atoms with Crippen molar-refractivity contribution in [3.8, 4) is 0 Å². The van der Waals surface area contributed by atoms with E-state index >= 15 is 0 Å². The van der Waals surface area contributed by atoms with Crippen LogP contribution < -0.4 is 0 Å². The third-order valence-electron chi connectivity index (χ3n) is 4.96. The number of aryl methyl sites for hydroxylation is 1. The Morgan fingerprint density at radius 2 is 1.48 bits per heavy atom. The van der Waals surface area contributed by atoms with Gasteiger partial charge in [0.15, 0.2) is 0 Å². The number of unbranched alkanes of at least 4 members (excludes halogenated alkanes) is 1. The van der Waals surface area contributed by atoms with E-state index in [1.165, 1.54) is 16.4 Å². The van der Waals surface area contributed by atoms with Crippen LogP contribution in [-0.2, 0) is 6.54 Å². The number of hydrogen-bond donors (Lipinski definition) is 0. The molecule has 0 aliphatic rings. The molecule has 0 saturated heterocycles. The van der Waals surface area contributed by atoms with Crippen molar-refractivity contribution in [1.29, 1.82) is 0 Å². The number of benzene rings is 2. The van der Waals surface area contributed by atoms with Crippen LogP contribution in [0.3, 0.4) is 0 Å². The fourth-order valence-electron chi connectivity index (χ4n) is 3.54. The van der Waals surface area contributed by atoms with Crippen molar-refractivity contribution in [3.63, 3.8) is 0 Å². The number of nitrogens with zero attached hydrogens (tertiary/aromatic N) is 2. The van der Waals surface area contributed by atoms with Crippen LogP contribution in [0.2, 0.25) is 0 Å². The number of carbonyl (C=O) groups is 1. The molecule has 0 amide bonds. The van der Waals surface area contributed by atoms with Gasteiger partial charge in [0.2, 0.25) is 0 Å². The fraction of sp³-hybridized carbons (Fsp3) is 0.167. The summed E-state index contributed by atoms with van der Waals surface area (Å²) in [6, 6.07) is 16.5.